The van der Waals surface area contributed by atoms with E-state index in [-0.39, 0.29) is 11.7 Å². The van der Waals surface area contributed by atoms with Crippen molar-refractivity contribution in [2.24, 2.45) is 0 Å². The average Bonchev–Trinajstić information content (AvgIpc) is 3.13. The summed E-state index contributed by atoms with van der Waals surface area (Å²) in [5.74, 6) is 0.210. The molecule has 0 unspecified atom stereocenters. The minimum Gasteiger partial charge on any atom is -0.325 e. The first-order valence-corrected chi connectivity index (χ1v) is 10.8. The third-order valence-corrected chi connectivity index (χ3v) is 6.22. The largest absolute Gasteiger partial charge is 0.325 e. The molecule has 0 radical (unpaired) electrons. The molecule has 0 aliphatic heterocycles. The molecule has 0 aliphatic rings. The Bertz CT molecular complexity index is 1300. The van der Waals surface area contributed by atoms with Crippen molar-refractivity contribution < 1.29 is 4.79 Å². The number of aromatic nitrogens is 2. The standard InChI is InChI=1S/C24H22N4OS/c1-4-17-12-22(30-14-21(29)27-23-15(2)8-7-9-16(23)3)28-20-11-6-5-10-19(20)26-24(28)18(17)13-25/h5-12H,4,14H2,1-3H3,(H,27,29). The number of nitriles is 1. The summed E-state index contributed by atoms with van der Waals surface area (Å²) in [5, 5.41) is 13.7. The summed E-state index contributed by atoms with van der Waals surface area (Å²) in [7, 11) is 0. The number of pyridine rings is 1. The number of carbonyl (C=O) groups excluding carboxylic acids is 1. The number of carbonyl (C=O) groups is 1. The fraction of sp³-hybridized carbons (Fsp3) is 0.208. The summed E-state index contributed by atoms with van der Waals surface area (Å²) in [6.45, 7) is 6.01. The molecule has 0 aliphatic carbocycles. The van der Waals surface area contributed by atoms with E-state index in [9.17, 15) is 10.1 Å². The van der Waals surface area contributed by atoms with Crippen molar-refractivity contribution in [2.75, 3.05) is 11.1 Å². The highest BCUT2D eigenvalue weighted by molar-refractivity contribution is 7.99. The topological polar surface area (TPSA) is 70.2 Å². The first-order chi connectivity index (χ1) is 14.5. The van der Waals surface area contributed by atoms with Crippen molar-refractivity contribution >= 4 is 40.0 Å². The van der Waals surface area contributed by atoms with Crippen molar-refractivity contribution in [2.45, 2.75) is 32.2 Å². The molecule has 6 heteroatoms. The highest BCUT2D eigenvalue weighted by atomic mass is 32.2. The Morgan fingerprint density at radius 1 is 1.17 bits per heavy atom. The molecule has 2 heterocycles. The lowest BCUT2D eigenvalue weighted by Crippen LogP contribution is -2.16. The predicted octanol–water partition coefficient (Wildman–Crippen LogP) is 5.27. The van der Waals surface area contributed by atoms with Gasteiger partial charge in [-0.05, 0) is 55.2 Å². The van der Waals surface area contributed by atoms with Gasteiger partial charge in [-0.25, -0.2) is 4.98 Å². The lowest BCUT2D eigenvalue weighted by molar-refractivity contribution is -0.113. The fourth-order valence-electron chi connectivity index (χ4n) is 3.68. The molecule has 4 rings (SSSR count). The molecular weight excluding hydrogens is 392 g/mol. The molecule has 5 nitrogen and oxygen atoms in total. The van der Waals surface area contributed by atoms with Crippen LogP contribution in [0.25, 0.3) is 16.7 Å². The lowest BCUT2D eigenvalue weighted by Gasteiger charge is -2.13. The minimum absolute atomic E-state index is 0.0580. The first-order valence-electron chi connectivity index (χ1n) is 9.85. The zero-order chi connectivity index (χ0) is 21.3. The summed E-state index contributed by atoms with van der Waals surface area (Å²) in [6, 6.07) is 18.1. The number of hydrogen-bond acceptors (Lipinski definition) is 4. The first kappa shape index (κ1) is 20.0. The van der Waals surface area contributed by atoms with Gasteiger partial charge in [-0.15, -0.1) is 0 Å². The number of imidazole rings is 1. The van der Waals surface area contributed by atoms with Crippen LogP contribution in [-0.2, 0) is 11.2 Å². The van der Waals surface area contributed by atoms with Crippen molar-refractivity contribution in [1.82, 2.24) is 9.38 Å². The fourth-order valence-corrected chi connectivity index (χ4v) is 4.57. The van der Waals surface area contributed by atoms with Crippen LogP contribution in [0.1, 0.15) is 29.2 Å². The van der Waals surface area contributed by atoms with Gasteiger partial charge in [-0.2, -0.15) is 5.26 Å². The summed E-state index contributed by atoms with van der Waals surface area (Å²) in [5.41, 5.74) is 6.92. The molecule has 0 bridgehead atoms. The van der Waals surface area contributed by atoms with Crippen LogP contribution in [-0.4, -0.2) is 21.0 Å². The van der Waals surface area contributed by atoms with E-state index in [1.807, 2.05) is 73.7 Å². The van der Waals surface area contributed by atoms with Crippen LogP contribution in [0, 0.1) is 25.2 Å². The number of hydrogen-bond donors (Lipinski definition) is 1. The number of para-hydroxylation sites is 3. The Hall–Kier alpha value is -3.30. The summed E-state index contributed by atoms with van der Waals surface area (Å²) in [4.78, 5) is 17.4. The van der Waals surface area contributed by atoms with Crippen molar-refractivity contribution in [3.05, 3.63) is 70.8 Å². The van der Waals surface area contributed by atoms with E-state index in [0.717, 1.165) is 44.9 Å². The van der Waals surface area contributed by atoms with Crippen LogP contribution in [0.3, 0.4) is 0 Å². The third-order valence-electron chi connectivity index (χ3n) is 5.21. The summed E-state index contributed by atoms with van der Waals surface area (Å²) in [6.07, 6.45) is 0.727. The number of nitrogens with one attached hydrogen (secondary N) is 1. The highest BCUT2D eigenvalue weighted by Crippen LogP contribution is 2.30. The molecule has 1 amide bonds. The van der Waals surface area contributed by atoms with E-state index in [2.05, 4.69) is 11.4 Å². The predicted molar refractivity (Wildman–Crippen MR) is 122 cm³/mol. The second kappa shape index (κ2) is 8.21. The lowest BCUT2D eigenvalue weighted by atomic mass is 10.1. The molecule has 0 fully saturated rings. The smallest absolute Gasteiger partial charge is 0.234 e. The number of nitrogens with zero attached hydrogens (tertiary/aromatic N) is 3. The van der Waals surface area contributed by atoms with Crippen LogP contribution < -0.4 is 5.32 Å². The van der Waals surface area contributed by atoms with Gasteiger partial charge in [0.15, 0.2) is 5.65 Å². The molecule has 0 atom stereocenters. The van der Waals surface area contributed by atoms with Gasteiger partial charge >= 0.3 is 0 Å². The Balaban J connectivity index is 1.70. The van der Waals surface area contributed by atoms with E-state index in [0.29, 0.717) is 11.2 Å². The number of benzene rings is 2. The van der Waals surface area contributed by atoms with Gasteiger partial charge < -0.3 is 5.32 Å². The molecule has 4 aromatic rings. The van der Waals surface area contributed by atoms with Gasteiger partial charge in [-0.1, -0.05) is 49.0 Å². The quantitative estimate of drug-likeness (QED) is 0.452. The van der Waals surface area contributed by atoms with Gasteiger partial charge in [0.25, 0.3) is 0 Å². The van der Waals surface area contributed by atoms with E-state index in [4.69, 9.17) is 4.98 Å². The maximum Gasteiger partial charge on any atom is 0.234 e. The van der Waals surface area contributed by atoms with Gasteiger partial charge in [0.05, 0.1) is 27.4 Å². The second-order valence-corrected chi connectivity index (χ2v) is 8.21. The molecule has 0 saturated heterocycles. The van der Waals surface area contributed by atoms with E-state index < -0.39 is 0 Å². The Labute approximate surface area is 179 Å². The maximum atomic E-state index is 12.7. The monoisotopic (exact) mass is 414 g/mol. The molecule has 1 N–H and O–H groups in total. The van der Waals surface area contributed by atoms with E-state index >= 15 is 0 Å². The number of aryl methyl sites for hydroxylation is 3. The Kier molecular flexibility index (Phi) is 5.47. The van der Waals surface area contributed by atoms with Gasteiger partial charge in [0, 0.05) is 5.69 Å². The Morgan fingerprint density at radius 2 is 1.90 bits per heavy atom. The number of anilines is 1. The Morgan fingerprint density at radius 3 is 2.60 bits per heavy atom. The normalized spacial score (nSPS) is 11.0. The summed E-state index contributed by atoms with van der Waals surface area (Å²) < 4.78 is 1.99. The van der Waals surface area contributed by atoms with Gasteiger partial charge in [0.1, 0.15) is 6.07 Å². The average molecular weight is 415 g/mol. The van der Waals surface area contributed by atoms with Crippen LogP contribution >= 0.6 is 11.8 Å². The number of amides is 1. The molecule has 2 aromatic heterocycles. The molecule has 150 valence electrons. The number of rotatable bonds is 5. The van der Waals surface area contributed by atoms with Crippen molar-refractivity contribution in [3.63, 3.8) is 0 Å². The van der Waals surface area contributed by atoms with Crippen molar-refractivity contribution in [1.29, 1.82) is 5.26 Å². The highest BCUT2D eigenvalue weighted by Gasteiger charge is 2.17. The van der Waals surface area contributed by atoms with Crippen LogP contribution in [0.15, 0.2) is 53.6 Å². The zero-order valence-electron chi connectivity index (χ0n) is 17.2. The molecule has 0 saturated carbocycles. The maximum absolute atomic E-state index is 12.7. The zero-order valence-corrected chi connectivity index (χ0v) is 18.0. The number of thioether (sulfide) groups is 1. The SMILES string of the molecule is CCc1cc(SCC(=O)Nc2c(C)cccc2C)n2c(nc3ccccc32)c1C#N. The van der Waals surface area contributed by atoms with Gasteiger partial charge in [0.2, 0.25) is 5.91 Å². The van der Waals surface area contributed by atoms with Crippen molar-refractivity contribution in [3.8, 4) is 6.07 Å². The van der Waals surface area contributed by atoms with Crippen LogP contribution in [0.2, 0.25) is 0 Å². The summed E-state index contributed by atoms with van der Waals surface area (Å²) >= 11 is 1.46. The van der Waals surface area contributed by atoms with Crippen LogP contribution in [0.5, 0.6) is 0 Å². The second-order valence-electron chi connectivity index (χ2n) is 7.21. The third kappa shape index (κ3) is 3.53. The molecule has 30 heavy (non-hydrogen) atoms. The molecular formula is C24H22N4OS. The van der Waals surface area contributed by atoms with E-state index in [1.54, 1.807) is 0 Å². The number of fused-ring (bicyclic) bond motifs is 3. The van der Waals surface area contributed by atoms with Crippen LogP contribution in [0.4, 0.5) is 5.69 Å². The molecule has 0 spiro atoms. The minimum atomic E-state index is -0.0580. The van der Waals surface area contributed by atoms with Gasteiger partial charge in [-0.3, -0.25) is 9.20 Å². The molecule has 2 aromatic carbocycles. The van der Waals surface area contributed by atoms with E-state index in [1.165, 1.54) is 11.8 Å².